The number of fused-ring (bicyclic) bond motifs is 1. The molecule has 142 valence electrons. The first kappa shape index (κ1) is 18.9. The fourth-order valence-corrected chi connectivity index (χ4v) is 4.26. The Kier molecular flexibility index (Phi) is 5.56. The van der Waals surface area contributed by atoms with Gasteiger partial charge in [-0.3, -0.25) is 9.20 Å². The van der Waals surface area contributed by atoms with E-state index >= 15 is 0 Å². The Bertz CT molecular complexity index is 1180. The lowest BCUT2D eigenvalue weighted by Crippen LogP contribution is -2.14. The Morgan fingerprint density at radius 1 is 1.18 bits per heavy atom. The Morgan fingerprint density at radius 3 is 2.82 bits per heavy atom. The Morgan fingerprint density at radius 2 is 2.00 bits per heavy atom. The smallest absolute Gasteiger partial charge is 0.258 e. The quantitative estimate of drug-likeness (QED) is 0.458. The number of hydrogen-bond acceptors (Lipinski definition) is 7. The van der Waals surface area contributed by atoms with Crippen molar-refractivity contribution in [1.29, 1.82) is 0 Å². The molecule has 3 aromatic heterocycles. The van der Waals surface area contributed by atoms with Crippen LogP contribution in [-0.4, -0.2) is 19.6 Å². The third-order valence-electron chi connectivity index (χ3n) is 3.78. The second kappa shape index (κ2) is 8.26. The van der Waals surface area contributed by atoms with Crippen LogP contribution in [-0.2, 0) is 12.3 Å². The Labute approximate surface area is 172 Å². The van der Waals surface area contributed by atoms with E-state index in [2.05, 4.69) is 20.5 Å². The molecular formula is C18H13ClFN5OS2. The minimum Gasteiger partial charge on any atom is -0.356 e. The van der Waals surface area contributed by atoms with E-state index in [-0.39, 0.29) is 11.4 Å². The van der Waals surface area contributed by atoms with Crippen molar-refractivity contribution in [3.8, 4) is 0 Å². The molecule has 4 rings (SSSR count). The lowest BCUT2D eigenvalue weighted by molar-refractivity contribution is 0.627. The first-order valence-corrected chi connectivity index (χ1v) is 10.4. The molecule has 0 radical (unpaired) electrons. The summed E-state index contributed by atoms with van der Waals surface area (Å²) in [5.41, 5.74) is 1.98. The van der Waals surface area contributed by atoms with Gasteiger partial charge in [-0.25, -0.2) is 9.37 Å². The summed E-state index contributed by atoms with van der Waals surface area (Å²) in [5.74, 6) is 0.240. The normalized spacial score (nSPS) is 11.1. The van der Waals surface area contributed by atoms with Gasteiger partial charge in [0, 0.05) is 24.6 Å². The van der Waals surface area contributed by atoms with Crippen LogP contribution in [0.3, 0.4) is 0 Å². The van der Waals surface area contributed by atoms with E-state index < -0.39 is 0 Å². The van der Waals surface area contributed by atoms with Crippen LogP contribution in [0.5, 0.6) is 0 Å². The number of nitrogens with one attached hydrogen (secondary N) is 1. The van der Waals surface area contributed by atoms with E-state index in [1.807, 2.05) is 0 Å². The molecule has 1 aromatic carbocycles. The third kappa shape index (κ3) is 4.49. The van der Waals surface area contributed by atoms with Crippen molar-refractivity contribution in [1.82, 2.24) is 19.6 Å². The number of anilines is 1. The van der Waals surface area contributed by atoms with Crippen LogP contribution in [0.2, 0.25) is 5.02 Å². The maximum absolute atomic E-state index is 12.9. The SMILES string of the molecule is O=c1cc(CSc2nnc(NCc3ccc(F)cc3)s2)nc2ccc(Cl)cn12. The minimum atomic E-state index is -0.261. The predicted octanol–water partition coefficient (Wildman–Crippen LogP) is 4.24. The highest BCUT2D eigenvalue weighted by molar-refractivity contribution is 8.00. The minimum absolute atomic E-state index is 0.179. The monoisotopic (exact) mass is 433 g/mol. The molecule has 4 aromatic rings. The predicted molar refractivity (Wildman–Crippen MR) is 110 cm³/mol. The summed E-state index contributed by atoms with van der Waals surface area (Å²) in [6, 6.07) is 11.2. The summed E-state index contributed by atoms with van der Waals surface area (Å²) in [5, 5.41) is 12.6. The van der Waals surface area contributed by atoms with Crippen molar-refractivity contribution in [3.05, 3.63) is 81.1 Å². The molecule has 28 heavy (non-hydrogen) atoms. The van der Waals surface area contributed by atoms with Gasteiger partial charge in [0.25, 0.3) is 5.56 Å². The molecular weight excluding hydrogens is 421 g/mol. The average molecular weight is 434 g/mol. The lowest BCUT2D eigenvalue weighted by Gasteiger charge is -2.03. The van der Waals surface area contributed by atoms with Gasteiger partial charge in [-0.15, -0.1) is 10.2 Å². The van der Waals surface area contributed by atoms with E-state index in [1.54, 1.807) is 30.5 Å². The van der Waals surface area contributed by atoms with Gasteiger partial charge in [-0.2, -0.15) is 0 Å². The molecule has 0 aliphatic heterocycles. The van der Waals surface area contributed by atoms with Gasteiger partial charge in [0.15, 0.2) is 4.34 Å². The number of pyridine rings is 1. The summed E-state index contributed by atoms with van der Waals surface area (Å²) in [6.07, 6.45) is 1.55. The largest absolute Gasteiger partial charge is 0.356 e. The highest BCUT2D eigenvalue weighted by Gasteiger charge is 2.08. The fourth-order valence-electron chi connectivity index (χ4n) is 2.46. The van der Waals surface area contributed by atoms with Gasteiger partial charge in [0.05, 0.1) is 10.7 Å². The van der Waals surface area contributed by atoms with Crippen LogP contribution in [0, 0.1) is 5.82 Å². The van der Waals surface area contributed by atoms with Crippen LogP contribution in [0.4, 0.5) is 9.52 Å². The standard InChI is InChI=1S/C18H13ClFN5OS2/c19-12-3-6-15-22-14(7-16(26)25(15)9-12)10-27-18-24-23-17(28-18)21-8-11-1-4-13(20)5-2-11/h1-7,9H,8,10H2,(H,21,23). The van der Waals surface area contributed by atoms with E-state index in [0.717, 1.165) is 9.90 Å². The Hall–Kier alpha value is -2.49. The molecule has 10 heteroatoms. The van der Waals surface area contributed by atoms with Gasteiger partial charge in [-0.05, 0) is 29.8 Å². The van der Waals surface area contributed by atoms with Crippen LogP contribution in [0.1, 0.15) is 11.3 Å². The number of nitrogens with zero attached hydrogens (tertiary/aromatic N) is 4. The van der Waals surface area contributed by atoms with Crippen molar-refractivity contribution in [3.63, 3.8) is 0 Å². The molecule has 3 heterocycles. The number of aromatic nitrogens is 4. The number of rotatable bonds is 6. The zero-order valence-electron chi connectivity index (χ0n) is 14.3. The third-order valence-corrected chi connectivity index (χ3v) is 6.05. The number of hydrogen-bond donors (Lipinski definition) is 1. The van der Waals surface area contributed by atoms with Crippen LogP contribution < -0.4 is 10.9 Å². The second-order valence-electron chi connectivity index (χ2n) is 5.80. The summed E-state index contributed by atoms with van der Waals surface area (Å²) >= 11 is 8.79. The van der Waals surface area contributed by atoms with Gasteiger partial charge in [0.1, 0.15) is 11.5 Å². The molecule has 0 bridgehead atoms. The van der Waals surface area contributed by atoms with Gasteiger partial charge in [-0.1, -0.05) is 46.8 Å². The zero-order chi connectivity index (χ0) is 19.5. The van der Waals surface area contributed by atoms with Gasteiger partial charge in [0.2, 0.25) is 5.13 Å². The van der Waals surface area contributed by atoms with E-state index in [4.69, 9.17) is 11.6 Å². The molecule has 0 aliphatic carbocycles. The first-order chi connectivity index (χ1) is 13.6. The zero-order valence-corrected chi connectivity index (χ0v) is 16.7. The highest BCUT2D eigenvalue weighted by Crippen LogP contribution is 2.28. The molecule has 0 aliphatic rings. The van der Waals surface area contributed by atoms with Crippen LogP contribution in [0.15, 0.2) is 57.8 Å². The topological polar surface area (TPSA) is 72.2 Å². The molecule has 0 atom stereocenters. The second-order valence-corrected chi connectivity index (χ2v) is 8.44. The van der Waals surface area contributed by atoms with Gasteiger partial charge < -0.3 is 5.32 Å². The first-order valence-electron chi connectivity index (χ1n) is 8.19. The average Bonchev–Trinajstić information content (AvgIpc) is 3.14. The highest BCUT2D eigenvalue weighted by atomic mass is 35.5. The lowest BCUT2D eigenvalue weighted by atomic mass is 10.2. The molecule has 0 saturated heterocycles. The molecule has 0 fully saturated rings. The number of benzene rings is 1. The molecule has 0 saturated carbocycles. The number of halogens is 2. The molecule has 1 N–H and O–H groups in total. The summed E-state index contributed by atoms with van der Waals surface area (Å²) in [6.45, 7) is 0.533. The maximum atomic E-state index is 12.9. The molecule has 0 unspecified atom stereocenters. The summed E-state index contributed by atoms with van der Waals surface area (Å²) < 4.78 is 15.1. The fraction of sp³-hybridized carbons (Fsp3) is 0.111. The van der Waals surface area contributed by atoms with Crippen molar-refractivity contribution >= 4 is 45.5 Å². The number of thioether (sulfide) groups is 1. The van der Waals surface area contributed by atoms with Crippen molar-refractivity contribution in [2.24, 2.45) is 0 Å². The van der Waals surface area contributed by atoms with Crippen molar-refractivity contribution in [2.75, 3.05) is 5.32 Å². The van der Waals surface area contributed by atoms with E-state index in [9.17, 15) is 9.18 Å². The van der Waals surface area contributed by atoms with E-state index in [1.165, 1.54) is 45.7 Å². The van der Waals surface area contributed by atoms with E-state index in [0.29, 0.717) is 33.8 Å². The maximum Gasteiger partial charge on any atom is 0.258 e. The summed E-state index contributed by atoms with van der Waals surface area (Å²) in [4.78, 5) is 16.7. The van der Waals surface area contributed by atoms with Crippen molar-refractivity contribution in [2.45, 2.75) is 16.6 Å². The van der Waals surface area contributed by atoms with Crippen LogP contribution in [0.25, 0.3) is 5.65 Å². The molecule has 0 amide bonds. The van der Waals surface area contributed by atoms with Gasteiger partial charge >= 0.3 is 0 Å². The van der Waals surface area contributed by atoms with Crippen molar-refractivity contribution < 1.29 is 4.39 Å². The van der Waals surface area contributed by atoms with Crippen LogP contribution >= 0.6 is 34.7 Å². The molecule has 6 nitrogen and oxygen atoms in total. The Balaban J connectivity index is 1.39. The summed E-state index contributed by atoms with van der Waals surface area (Å²) in [7, 11) is 0. The molecule has 0 spiro atoms.